The molecular weight excluding hydrogens is 251 g/mol. The third-order valence-corrected chi connectivity index (χ3v) is 2.63. The fraction of sp³-hybridized carbons (Fsp3) is 0.500. The highest BCUT2D eigenvalue weighted by Gasteiger charge is 2.30. The highest BCUT2D eigenvalue weighted by molar-refractivity contribution is 5.85. The summed E-state index contributed by atoms with van der Waals surface area (Å²) in [7, 11) is 0. The maximum Gasteiger partial charge on any atom is 0.0935 e. The van der Waals surface area contributed by atoms with Gasteiger partial charge >= 0.3 is 0 Å². The zero-order valence-electron chi connectivity index (χ0n) is 8.85. The van der Waals surface area contributed by atoms with Crippen molar-refractivity contribution in [3.8, 4) is 0 Å². The van der Waals surface area contributed by atoms with E-state index in [0.717, 1.165) is 31.5 Å². The fourth-order valence-electron chi connectivity index (χ4n) is 1.77. The van der Waals surface area contributed by atoms with Crippen molar-refractivity contribution in [1.29, 1.82) is 0 Å². The molecule has 1 aliphatic rings. The van der Waals surface area contributed by atoms with Crippen molar-refractivity contribution < 1.29 is 10.6 Å². The van der Waals surface area contributed by atoms with Crippen LogP contribution in [0, 0.1) is 0 Å². The lowest BCUT2D eigenvalue weighted by molar-refractivity contribution is 0.00564. The Bertz CT molecular complexity index is 279. The topological polar surface area (TPSA) is 76.7 Å². The third-order valence-electron chi connectivity index (χ3n) is 2.63. The van der Waals surface area contributed by atoms with Gasteiger partial charge in [0.05, 0.1) is 5.60 Å². The number of aromatic nitrogens is 1. The lowest BCUT2D eigenvalue weighted by atomic mass is 9.86. The van der Waals surface area contributed by atoms with Crippen LogP contribution in [0.15, 0.2) is 24.5 Å². The monoisotopic (exact) mass is 268 g/mol. The van der Waals surface area contributed by atoms with Crippen molar-refractivity contribution in [1.82, 2.24) is 10.3 Å². The Morgan fingerprint density at radius 1 is 1.25 bits per heavy atom. The zero-order chi connectivity index (χ0) is 9.15. The molecule has 16 heavy (non-hydrogen) atoms. The molecule has 0 bridgehead atoms. The first-order valence-corrected chi connectivity index (χ1v) is 4.65. The lowest BCUT2D eigenvalue weighted by Crippen LogP contribution is -2.39. The highest BCUT2D eigenvalue weighted by Crippen LogP contribution is 2.29. The smallest absolute Gasteiger partial charge is 0.0935 e. The quantitative estimate of drug-likeness (QED) is 0.786. The molecule has 94 valence electrons. The van der Waals surface area contributed by atoms with Gasteiger partial charge in [0.1, 0.15) is 0 Å². The summed E-state index contributed by atoms with van der Waals surface area (Å²) in [5.74, 6) is 0. The Hall–Kier alpha value is -0.390. The molecule has 0 unspecified atom stereocenters. The molecule has 0 aliphatic carbocycles. The van der Waals surface area contributed by atoms with Gasteiger partial charge in [-0.05, 0) is 32.0 Å². The van der Waals surface area contributed by atoms with E-state index in [1.165, 1.54) is 0 Å². The minimum atomic E-state index is -0.653. The fourth-order valence-corrected chi connectivity index (χ4v) is 1.77. The molecule has 4 N–H and O–H groups in total. The summed E-state index contributed by atoms with van der Waals surface area (Å²) in [6, 6.07) is 3.81. The van der Waals surface area contributed by atoms with Crippen molar-refractivity contribution in [2.75, 3.05) is 13.1 Å². The van der Waals surface area contributed by atoms with E-state index in [9.17, 15) is 5.11 Å². The highest BCUT2D eigenvalue weighted by atomic mass is 35.5. The predicted octanol–water partition coefficient (Wildman–Crippen LogP) is 0.671. The Labute approximate surface area is 108 Å². The second-order valence-corrected chi connectivity index (χ2v) is 3.52. The molecule has 4 nitrogen and oxygen atoms in total. The van der Waals surface area contributed by atoms with E-state index < -0.39 is 5.60 Å². The number of rotatable bonds is 1. The van der Waals surface area contributed by atoms with Crippen molar-refractivity contribution in [3.63, 3.8) is 0 Å². The van der Waals surface area contributed by atoms with Crippen LogP contribution >= 0.6 is 24.8 Å². The van der Waals surface area contributed by atoms with Gasteiger partial charge in [-0.2, -0.15) is 0 Å². The first-order valence-electron chi connectivity index (χ1n) is 4.65. The number of halogens is 2. The standard InChI is InChI=1S/C10H14N2O.2ClH.H2O/c13-10(3-6-11-7-4-10)9-2-1-5-12-8-9;;;/h1-2,5,8,11,13H,3-4,6-7H2;2*1H;1H2. The van der Waals surface area contributed by atoms with Gasteiger partial charge in [0.25, 0.3) is 0 Å². The average Bonchev–Trinajstić information content (AvgIpc) is 2.20. The molecule has 1 aromatic heterocycles. The summed E-state index contributed by atoms with van der Waals surface area (Å²) in [4.78, 5) is 4.02. The van der Waals surface area contributed by atoms with Gasteiger partial charge in [0, 0.05) is 18.0 Å². The average molecular weight is 269 g/mol. The van der Waals surface area contributed by atoms with Gasteiger partial charge < -0.3 is 15.9 Å². The molecule has 0 aromatic carbocycles. The molecule has 1 aromatic rings. The molecular formula is C10H18Cl2N2O2. The first kappa shape index (κ1) is 18.0. The summed E-state index contributed by atoms with van der Waals surface area (Å²) in [6.45, 7) is 1.76. The molecule has 0 spiro atoms. The number of pyridine rings is 1. The van der Waals surface area contributed by atoms with E-state index in [2.05, 4.69) is 10.3 Å². The van der Waals surface area contributed by atoms with Gasteiger partial charge in [-0.15, -0.1) is 24.8 Å². The largest absolute Gasteiger partial charge is 0.412 e. The van der Waals surface area contributed by atoms with Crippen molar-refractivity contribution in [2.45, 2.75) is 18.4 Å². The van der Waals surface area contributed by atoms with Gasteiger partial charge in [0.2, 0.25) is 0 Å². The number of nitrogens with one attached hydrogen (secondary N) is 1. The summed E-state index contributed by atoms with van der Waals surface area (Å²) < 4.78 is 0. The zero-order valence-corrected chi connectivity index (χ0v) is 10.5. The molecule has 6 heteroatoms. The predicted molar refractivity (Wildman–Crippen MR) is 68.3 cm³/mol. The second-order valence-electron chi connectivity index (χ2n) is 3.52. The molecule has 0 amide bonds. The van der Waals surface area contributed by atoms with E-state index in [1.807, 2.05) is 12.1 Å². The molecule has 1 saturated heterocycles. The molecule has 0 saturated carbocycles. The second kappa shape index (κ2) is 7.81. The maximum absolute atomic E-state index is 10.3. The van der Waals surface area contributed by atoms with E-state index in [1.54, 1.807) is 12.4 Å². The third kappa shape index (κ3) is 3.88. The van der Waals surface area contributed by atoms with Crippen LogP contribution in [-0.4, -0.2) is 28.7 Å². The minimum Gasteiger partial charge on any atom is -0.412 e. The van der Waals surface area contributed by atoms with Crippen LogP contribution < -0.4 is 5.32 Å². The summed E-state index contributed by atoms with van der Waals surface area (Å²) >= 11 is 0. The maximum atomic E-state index is 10.3. The van der Waals surface area contributed by atoms with Gasteiger partial charge in [-0.1, -0.05) is 6.07 Å². The lowest BCUT2D eigenvalue weighted by Gasteiger charge is -2.32. The molecule has 2 rings (SSSR count). The van der Waals surface area contributed by atoms with Crippen LogP contribution in [0.4, 0.5) is 0 Å². The summed E-state index contributed by atoms with van der Waals surface area (Å²) in [5.41, 5.74) is 0.288. The van der Waals surface area contributed by atoms with Crippen LogP contribution in [-0.2, 0) is 5.60 Å². The minimum absolute atomic E-state index is 0. The Kier molecular flexibility index (Phi) is 8.78. The SMILES string of the molecule is Cl.Cl.O.OC1(c2cccnc2)CCNCC1. The molecule has 2 heterocycles. The van der Waals surface area contributed by atoms with E-state index in [-0.39, 0.29) is 30.3 Å². The van der Waals surface area contributed by atoms with E-state index >= 15 is 0 Å². The van der Waals surface area contributed by atoms with Gasteiger partial charge in [-0.3, -0.25) is 4.98 Å². The van der Waals surface area contributed by atoms with Crippen molar-refractivity contribution in [3.05, 3.63) is 30.1 Å². The molecule has 1 aliphatic heterocycles. The van der Waals surface area contributed by atoms with Gasteiger partial charge in [-0.25, -0.2) is 0 Å². The Morgan fingerprint density at radius 3 is 2.38 bits per heavy atom. The van der Waals surface area contributed by atoms with Crippen LogP contribution in [0.3, 0.4) is 0 Å². The molecule has 0 radical (unpaired) electrons. The number of aliphatic hydroxyl groups is 1. The summed E-state index contributed by atoms with van der Waals surface area (Å²) in [5, 5.41) is 13.5. The van der Waals surface area contributed by atoms with E-state index in [4.69, 9.17) is 0 Å². The first-order chi connectivity index (χ1) is 6.31. The van der Waals surface area contributed by atoms with Crippen LogP contribution in [0.5, 0.6) is 0 Å². The molecule has 1 fully saturated rings. The molecule has 0 atom stereocenters. The Balaban J connectivity index is 0. The van der Waals surface area contributed by atoms with Crippen LogP contribution in [0.25, 0.3) is 0 Å². The number of nitrogens with zero attached hydrogens (tertiary/aromatic N) is 1. The van der Waals surface area contributed by atoms with Crippen LogP contribution in [0.1, 0.15) is 18.4 Å². The number of piperidine rings is 1. The summed E-state index contributed by atoms with van der Waals surface area (Å²) in [6.07, 6.45) is 5.04. The van der Waals surface area contributed by atoms with Crippen LogP contribution in [0.2, 0.25) is 0 Å². The number of hydrogen-bond donors (Lipinski definition) is 2. The van der Waals surface area contributed by atoms with Crippen molar-refractivity contribution in [2.24, 2.45) is 0 Å². The van der Waals surface area contributed by atoms with E-state index in [0.29, 0.717) is 0 Å². The number of hydrogen-bond acceptors (Lipinski definition) is 3. The normalized spacial score (nSPS) is 17.3. The van der Waals surface area contributed by atoms with Crippen molar-refractivity contribution >= 4 is 24.8 Å². The van der Waals surface area contributed by atoms with Gasteiger partial charge in [0.15, 0.2) is 0 Å². The Morgan fingerprint density at radius 2 is 1.88 bits per heavy atom.